The number of aromatic amines is 2. The highest BCUT2D eigenvalue weighted by Gasteiger charge is 2.13. The summed E-state index contributed by atoms with van der Waals surface area (Å²) in [4.78, 5) is 27.2. The van der Waals surface area contributed by atoms with Gasteiger partial charge in [-0.05, 0) is 54.5 Å². The van der Waals surface area contributed by atoms with Gasteiger partial charge < -0.3 is 15.3 Å². The first-order chi connectivity index (χ1) is 14.6. The molecule has 6 heteroatoms. The van der Waals surface area contributed by atoms with E-state index in [2.05, 4.69) is 44.0 Å². The van der Waals surface area contributed by atoms with Crippen molar-refractivity contribution >= 4 is 33.7 Å². The van der Waals surface area contributed by atoms with Crippen LogP contribution in [0, 0.1) is 6.92 Å². The fourth-order valence-corrected chi connectivity index (χ4v) is 3.75. The SMILES string of the molecule is C=CC(=O)Nc1cccc(-c2cnc3[nH]cc(-c4ccnc5[nH]c(C)cc45)c3c2)c1. The molecule has 0 aliphatic carbocycles. The Balaban J connectivity index is 1.63. The molecule has 30 heavy (non-hydrogen) atoms. The summed E-state index contributed by atoms with van der Waals surface area (Å²) in [5, 5.41) is 4.91. The summed E-state index contributed by atoms with van der Waals surface area (Å²) in [6.45, 7) is 5.52. The zero-order chi connectivity index (χ0) is 20.7. The minimum absolute atomic E-state index is 0.239. The molecular formula is C24H19N5O. The van der Waals surface area contributed by atoms with Gasteiger partial charge in [-0.1, -0.05) is 18.7 Å². The molecule has 1 amide bonds. The number of rotatable bonds is 4. The van der Waals surface area contributed by atoms with Crippen molar-refractivity contribution in [3.63, 3.8) is 0 Å². The Morgan fingerprint density at radius 1 is 1.03 bits per heavy atom. The number of amides is 1. The van der Waals surface area contributed by atoms with Gasteiger partial charge in [0.1, 0.15) is 11.3 Å². The molecule has 5 aromatic rings. The van der Waals surface area contributed by atoms with E-state index in [0.717, 1.165) is 50.0 Å². The van der Waals surface area contributed by atoms with E-state index in [4.69, 9.17) is 0 Å². The van der Waals surface area contributed by atoms with E-state index < -0.39 is 0 Å². The molecule has 4 aromatic heterocycles. The molecule has 4 heterocycles. The van der Waals surface area contributed by atoms with Crippen LogP contribution in [-0.2, 0) is 4.79 Å². The summed E-state index contributed by atoms with van der Waals surface area (Å²) >= 11 is 0. The molecule has 0 unspecified atom stereocenters. The van der Waals surface area contributed by atoms with Crippen molar-refractivity contribution in [2.75, 3.05) is 5.32 Å². The molecule has 0 radical (unpaired) electrons. The second kappa shape index (κ2) is 7.00. The number of aromatic nitrogens is 4. The van der Waals surface area contributed by atoms with Crippen molar-refractivity contribution in [2.45, 2.75) is 6.92 Å². The number of carbonyl (C=O) groups excluding carboxylic acids is 1. The van der Waals surface area contributed by atoms with Gasteiger partial charge in [-0.25, -0.2) is 9.97 Å². The number of carbonyl (C=O) groups is 1. The van der Waals surface area contributed by atoms with Gasteiger partial charge in [0, 0.05) is 51.9 Å². The number of aryl methyl sites for hydroxylation is 1. The number of fused-ring (bicyclic) bond motifs is 2. The summed E-state index contributed by atoms with van der Waals surface area (Å²) in [5.41, 5.74) is 7.58. The maximum atomic E-state index is 11.6. The molecule has 0 fully saturated rings. The molecule has 146 valence electrons. The van der Waals surface area contributed by atoms with Gasteiger partial charge in [-0.15, -0.1) is 0 Å². The van der Waals surface area contributed by atoms with Crippen LogP contribution < -0.4 is 5.32 Å². The number of pyridine rings is 2. The first-order valence-electron chi connectivity index (χ1n) is 9.58. The topological polar surface area (TPSA) is 86.5 Å². The number of nitrogens with one attached hydrogen (secondary N) is 3. The maximum Gasteiger partial charge on any atom is 0.247 e. The average Bonchev–Trinajstić information content (AvgIpc) is 3.35. The second-order valence-electron chi connectivity index (χ2n) is 7.17. The zero-order valence-corrected chi connectivity index (χ0v) is 16.4. The van der Waals surface area contributed by atoms with Crippen LogP contribution >= 0.6 is 0 Å². The van der Waals surface area contributed by atoms with Crippen LogP contribution in [0.1, 0.15) is 5.69 Å². The largest absolute Gasteiger partial charge is 0.346 e. The van der Waals surface area contributed by atoms with E-state index in [1.165, 1.54) is 6.08 Å². The summed E-state index contributed by atoms with van der Waals surface area (Å²) < 4.78 is 0. The monoisotopic (exact) mass is 393 g/mol. The lowest BCUT2D eigenvalue weighted by molar-refractivity contribution is -0.111. The molecule has 0 saturated carbocycles. The van der Waals surface area contributed by atoms with Crippen LogP contribution in [0.4, 0.5) is 5.69 Å². The normalized spacial score (nSPS) is 11.1. The van der Waals surface area contributed by atoms with Crippen molar-refractivity contribution in [1.82, 2.24) is 19.9 Å². The lowest BCUT2D eigenvalue weighted by atomic mass is 10.0. The Labute approximate surface area is 172 Å². The standard InChI is InChI=1S/C24H19N5O/c1-3-22(30)29-17-6-4-5-15(10-17)16-11-20-21(13-27-23(20)26-12-16)18-7-8-25-24-19(18)9-14(2)28-24/h3-13H,1H2,2H3,(H,25,28)(H,26,27)(H,29,30). The van der Waals surface area contributed by atoms with Crippen molar-refractivity contribution in [1.29, 1.82) is 0 Å². The number of hydrogen-bond donors (Lipinski definition) is 3. The molecule has 0 aliphatic rings. The molecule has 0 atom stereocenters. The van der Waals surface area contributed by atoms with Gasteiger partial charge in [0.2, 0.25) is 5.91 Å². The third kappa shape index (κ3) is 3.04. The van der Waals surface area contributed by atoms with Gasteiger partial charge in [0.05, 0.1) is 0 Å². The van der Waals surface area contributed by atoms with Crippen LogP contribution in [0.25, 0.3) is 44.3 Å². The lowest BCUT2D eigenvalue weighted by Crippen LogP contribution is -2.06. The highest BCUT2D eigenvalue weighted by Crippen LogP contribution is 2.35. The number of anilines is 1. The predicted octanol–water partition coefficient (Wildman–Crippen LogP) is 5.21. The molecule has 0 saturated heterocycles. The van der Waals surface area contributed by atoms with E-state index in [9.17, 15) is 4.79 Å². The minimum atomic E-state index is -0.239. The molecule has 3 N–H and O–H groups in total. The molecule has 6 nitrogen and oxygen atoms in total. The van der Waals surface area contributed by atoms with Crippen LogP contribution in [0.5, 0.6) is 0 Å². The molecule has 0 spiro atoms. The summed E-state index contributed by atoms with van der Waals surface area (Å²) in [6, 6.07) is 13.9. The number of nitrogens with zero attached hydrogens (tertiary/aromatic N) is 2. The molecule has 1 aromatic carbocycles. The predicted molar refractivity (Wildman–Crippen MR) is 120 cm³/mol. The van der Waals surface area contributed by atoms with E-state index in [0.29, 0.717) is 5.69 Å². The van der Waals surface area contributed by atoms with Gasteiger partial charge >= 0.3 is 0 Å². The summed E-state index contributed by atoms with van der Waals surface area (Å²) in [7, 11) is 0. The first kappa shape index (κ1) is 17.9. The van der Waals surface area contributed by atoms with Gasteiger partial charge in [-0.2, -0.15) is 0 Å². The van der Waals surface area contributed by atoms with Crippen molar-refractivity contribution < 1.29 is 4.79 Å². The number of hydrogen-bond acceptors (Lipinski definition) is 3. The minimum Gasteiger partial charge on any atom is -0.346 e. The van der Waals surface area contributed by atoms with Crippen LogP contribution in [0.2, 0.25) is 0 Å². The van der Waals surface area contributed by atoms with Crippen LogP contribution in [-0.4, -0.2) is 25.8 Å². The van der Waals surface area contributed by atoms with Gasteiger partial charge in [0.15, 0.2) is 0 Å². The quantitative estimate of drug-likeness (QED) is 0.367. The molecule has 0 aliphatic heterocycles. The zero-order valence-electron chi connectivity index (χ0n) is 16.4. The summed E-state index contributed by atoms with van der Waals surface area (Å²) in [5.74, 6) is -0.239. The smallest absolute Gasteiger partial charge is 0.247 e. The average molecular weight is 393 g/mol. The van der Waals surface area contributed by atoms with Crippen molar-refractivity contribution in [3.8, 4) is 22.3 Å². The Morgan fingerprint density at radius 2 is 1.90 bits per heavy atom. The van der Waals surface area contributed by atoms with Crippen LogP contribution in [0.3, 0.4) is 0 Å². The molecule has 5 rings (SSSR count). The number of H-pyrrole nitrogens is 2. The maximum absolute atomic E-state index is 11.6. The van der Waals surface area contributed by atoms with E-state index in [1.807, 2.05) is 55.8 Å². The van der Waals surface area contributed by atoms with Crippen molar-refractivity contribution in [2.24, 2.45) is 0 Å². The first-order valence-corrected chi connectivity index (χ1v) is 9.58. The van der Waals surface area contributed by atoms with Gasteiger partial charge in [0.25, 0.3) is 0 Å². The van der Waals surface area contributed by atoms with Crippen molar-refractivity contribution in [3.05, 3.63) is 79.4 Å². The molecular weight excluding hydrogens is 374 g/mol. The van der Waals surface area contributed by atoms with E-state index >= 15 is 0 Å². The molecule has 0 bridgehead atoms. The van der Waals surface area contributed by atoms with E-state index in [1.54, 1.807) is 0 Å². The second-order valence-corrected chi connectivity index (χ2v) is 7.17. The summed E-state index contributed by atoms with van der Waals surface area (Å²) in [6.07, 6.45) is 6.89. The lowest BCUT2D eigenvalue weighted by Gasteiger charge is -2.07. The Kier molecular flexibility index (Phi) is 4.17. The highest BCUT2D eigenvalue weighted by molar-refractivity contribution is 6.04. The Morgan fingerprint density at radius 3 is 2.77 bits per heavy atom. The van der Waals surface area contributed by atoms with E-state index in [-0.39, 0.29) is 5.91 Å². The third-order valence-electron chi connectivity index (χ3n) is 5.14. The Bertz CT molecular complexity index is 1430. The fraction of sp³-hybridized carbons (Fsp3) is 0.0417. The van der Waals surface area contributed by atoms with Crippen LogP contribution in [0.15, 0.2) is 73.7 Å². The Hall–Kier alpha value is -4.19. The number of benzene rings is 1. The highest BCUT2D eigenvalue weighted by atomic mass is 16.1. The third-order valence-corrected chi connectivity index (χ3v) is 5.14. The fourth-order valence-electron chi connectivity index (χ4n) is 3.75. The van der Waals surface area contributed by atoms with Gasteiger partial charge in [-0.3, -0.25) is 4.79 Å².